The van der Waals surface area contributed by atoms with Crippen LogP contribution in [0, 0.1) is 33.5 Å². The van der Waals surface area contributed by atoms with Crippen molar-refractivity contribution in [3.05, 3.63) is 388 Å². The van der Waals surface area contributed by atoms with Crippen LogP contribution in [0.4, 0.5) is 40.3 Å². The number of hydrogen-bond acceptors (Lipinski definition) is 14. The van der Waals surface area contributed by atoms with Crippen molar-refractivity contribution < 1.29 is 46.2 Å². The molecule has 18 nitrogen and oxygen atoms in total. The van der Waals surface area contributed by atoms with Crippen LogP contribution in [0.15, 0.2) is 267 Å². The highest BCUT2D eigenvalue weighted by atomic mass is 35.5. The molecule has 0 aliphatic carbocycles. The number of aromatic nitrogens is 4. The normalized spacial score (nSPS) is 17.3. The van der Waals surface area contributed by atoms with Crippen LogP contribution >= 0.6 is 46.4 Å². The summed E-state index contributed by atoms with van der Waals surface area (Å²) in [6.45, 7) is 22.0. The third-order valence-electron chi connectivity index (χ3n) is 29.1. The van der Waals surface area contributed by atoms with Crippen molar-refractivity contribution in [2.45, 2.75) is 107 Å². The van der Waals surface area contributed by atoms with Crippen molar-refractivity contribution in [1.29, 1.82) is 0 Å². The van der Waals surface area contributed by atoms with E-state index in [2.05, 4.69) is 176 Å². The molecule has 26 heteroatoms. The molecule has 0 atom stereocenters. The highest BCUT2D eigenvalue weighted by Gasteiger charge is 2.51. The summed E-state index contributed by atoms with van der Waals surface area (Å²) >= 11 is 24.2. The van der Waals surface area contributed by atoms with Crippen LogP contribution in [0.1, 0.15) is 165 Å². The third-order valence-corrected chi connectivity index (χ3v) is 29.9. The van der Waals surface area contributed by atoms with E-state index < -0.39 is 11.7 Å². The topological polar surface area (TPSA) is 164 Å². The molecule has 8 aromatic carbocycles. The summed E-state index contributed by atoms with van der Waals surface area (Å²) in [7, 11) is 3.37. The maximum Gasteiger partial charge on any atom is 0.416 e. The van der Waals surface area contributed by atoms with Gasteiger partial charge in [0.05, 0.1) is 19.8 Å². The van der Waals surface area contributed by atoms with Crippen molar-refractivity contribution in [1.82, 2.24) is 39.5 Å². The number of hydrogen-bond donors (Lipinski definition) is 0. The predicted molar refractivity (Wildman–Crippen MR) is 558 cm³/mol. The van der Waals surface area contributed by atoms with E-state index in [1.54, 1.807) is 99.7 Å². The molecule has 8 aliphatic rings. The average Bonchev–Trinajstić information content (AvgIpc) is 1.60. The van der Waals surface area contributed by atoms with Gasteiger partial charge in [0.25, 0.3) is 23.6 Å². The molecule has 4 spiro atoms. The smallest absolute Gasteiger partial charge is 0.416 e. The zero-order valence-corrected chi connectivity index (χ0v) is 83.0. The fourth-order valence-corrected chi connectivity index (χ4v) is 21.8. The molecule has 12 aromatic rings. The number of carbonyl (C=O) groups is 4. The lowest BCUT2D eigenvalue weighted by Crippen LogP contribution is -2.46. The predicted octanol–water partition coefficient (Wildman–Crippen LogP) is 24.2. The summed E-state index contributed by atoms with van der Waals surface area (Å²) in [5, 5.41) is 1.28. The van der Waals surface area contributed by atoms with Crippen LogP contribution in [-0.4, -0.2) is 182 Å². The van der Waals surface area contributed by atoms with Crippen LogP contribution in [0.5, 0.6) is 11.5 Å². The summed E-state index contributed by atoms with van der Waals surface area (Å²) in [4.78, 5) is 87.2. The monoisotopic (exact) mass is 1970 g/mol. The number of amides is 4. The van der Waals surface area contributed by atoms with Gasteiger partial charge in [-0.2, -0.15) is 13.2 Å². The number of ether oxygens (including phenoxy) is 2. The molecule has 0 unspecified atom stereocenters. The Hall–Kier alpha value is -12.5. The van der Waals surface area contributed by atoms with Crippen molar-refractivity contribution in [2.75, 3.05) is 139 Å². The van der Waals surface area contributed by atoms with E-state index in [1.165, 1.54) is 73.8 Å². The number of anilines is 4. The van der Waals surface area contributed by atoms with Gasteiger partial charge in [-0.25, -0.2) is 24.3 Å². The number of benzene rings is 8. The number of likely N-dealkylation sites (tertiary alicyclic amines) is 4. The molecule has 4 fully saturated rings. The zero-order chi connectivity index (χ0) is 98.7. The Balaban J connectivity index is 0.000000130. The third kappa shape index (κ3) is 23.2. The van der Waals surface area contributed by atoms with Crippen LogP contribution in [-0.2, 0) is 27.8 Å². The molecule has 4 aromatic heterocycles. The standard InChI is InChI=1S/C29H27ClF3N3O.2C29H30ClN3O2.C28H27ClFN3O/c1-20-4-9-25-24(17-20)28(19-36(25)27(37)22-10-13-34-26(30)18-22)11-15-35(16-12-28)14-2-3-21-5-7-23(8-6-21)29(31,32)33;1-21-5-10-26-25(18-21)29(20-33(26)28(34)23-11-14-31-27(30)19-23)12-16-32(17-13-29)15-3-4-22-6-8-24(35-2)9-7-22;1-21-5-7-22(8-6-21)4-3-15-32-16-12-29(13-17-32)20-33(26-10-9-24(35-2)19-25(26)29)28(34)23-11-14-31-27(30)18-23;1-20-8-9-25-23(17-20)28(19-33(25)27(34)22-10-13-31-26(29)18-22)11-15-32(16-12-28)14-4-6-21-5-2-3-7-24(21)30/h2-10,13,17-18H,11-12,14-16,19H2,1H3;2*3-11,14,18-19H,12-13,15-17,20H2,1-2H3;2-10,13,17-18H,11-12,14-16,19H2,1H3/b3-2+;2*4-3+;6-4+. The molecule has 726 valence electrons. The minimum absolute atomic E-state index is 0.00988. The molecular weight excluding hydrogens is 1860 g/mol. The van der Waals surface area contributed by atoms with E-state index in [4.69, 9.17) is 55.9 Å². The van der Waals surface area contributed by atoms with Gasteiger partial charge in [0.15, 0.2) is 0 Å². The molecule has 4 saturated heterocycles. The molecule has 20 rings (SSSR count). The number of methoxy groups -OCH3 is 2. The molecule has 12 heterocycles. The quantitative estimate of drug-likeness (QED) is 0.0588. The Labute approximate surface area is 842 Å². The minimum Gasteiger partial charge on any atom is -0.497 e. The van der Waals surface area contributed by atoms with Gasteiger partial charge in [0.1, 0.15) is 37.9 Å². The summed E-state index contributed by atoms with van der Waals surface area (Å²) in [6.07, 6.45) is 26.4. The fourth-order valence-electron chi connectivity index (χ4n) is 21.1. The molecule has 0 saturated carbocycles. The first-order valence-electron chi connectivity index (χ1n) is 48.0. The van der Waals surface area contributed by atoms with Gasteiger partial charge in [-0.3, -0.25) is 38.8 Å². The number of fused-ring (bicyclic) bond motifs is 8. The van der Waals surface area contributed by atoms with Crippen molar-refractivity contribution in [3.8, 4) is 11.5 Å². The van der Waals surface area contributed by atoms with Crippen molar-refractivity contribution >= 4 is 117 Å². The first-order valence-corrected chi connectivity index (χ1v) is 49.5. The van der Waals surface area contributed by atoms with Gasteiger partial charge in [-0.1, -0.05) is 220 Å². The highest BCUT2D eigenvalue weighted by molar-refractivity contribution is 6.31. The van der Waals surface area contributed by atoms with Crippen molar-refractivity contribution in [2.24, 2.45) is 0 Å². The number of aryl methyl sites for hydroxylation is 4. The van der Waals surface area contributed by atoms with Gasteiger partial charge >= 0.3 is 6.18 Å². The molecule has 0 N–H and O–H groups in total. The summed E-state index contributed by atoms with van der Waals surface area (Å²) < 4.78 is 63.0. The Morgan fingerprint density at radius 3 is 0.922 bits per heavy atom. The summed E-state index contributed by atoms with van der Waals surface area (Å²) in [6, 6.07) is 67.3. The number of carbonyl (C=O) groups excluding carboxylic acids is 4. The second kappa shape index (κ2) is 43.9. The van der Waals surface area contributed by atoms with Crippen molar-refractivity contribution in [3.63, 3.8) is 0 Å². The lowest BCUT2D eigenvalue weighted by Gasteiger charge is -2.39. The van der Waals surface area contributed by atoms with E-state index in [1.807, 2.05) is 86.4 Å². The first kappa shape index (κ1) is 100. The Morgan fingerprint density at radius 2 is 0.617 bits per heavy atom. The van der Waals surface area contributed by atoms with E-state index in [-0.39, 0.29) is 51.1 Å². The number of nitrogens with zero attached hydrogens (tertiary/aromatic N) is 12. The average molecular weight is 1980 g/mol. The molecule has 0 radical (unpaired) electrons. The maximum absolute atomic E-state index is 13.9. The number of rotatable bonds is 18. The van der Waals surface area contributed by atoms with Gasteiger partial charge in [0.2, 0.25) is 0 Å². The van der Waals surface area contributed by atoms with Gasteiger partial charge < -0.3 is 29.1 Å². The lowest BCUT2D eigenvalue weighted by molar-refractivity contribution is -0.137. The van der Waals surface area contributed by atoms with Gasteiger partial charge in [0, 0.05) is 149 Å². The molecule has 0 bridgehead atoms. The van der Waals surface area contributed by atoms with Crippen LogP contribution in [0.25, 0.3) is 24.3 Å². The number of piperidine rings is 4. The lowest BCUT2D eigenvalue weighted by atomic mass is 9.74. The second-order valence-electron chi connectivity index (χ2n) is 38.2. The maximum atomic E-state index is 13.9. The van der Waals surface area contributed by atoms with Gasteiger partial charge in [-0.15, -0.1) is 0 Å². The van der Waals surface area contributed by atoms with E-state index in [0.717, 1.165) is 182 Å². The SMILES string of the molecule is COc1ccc(/C=C/CN2CCC3(CC2)CN(C(=O)c2ccnc(Cl)c2)c2ccc(C)cc23)cc1.COc1ccc2c(c1)C1(CCN(C/C=C/c3ccc(C)cc3)CC1)CN2C(=O)c1ccnc(Cl)c1.Cc1ccc2c(c1)C1(CCN(C/C=C/c3ccc(C(F)(F)F)cc3)CC1)CN2C(=O)c1ccnc(Cl)c1.Cc1ccc2c(c1)C1(CCN(C/C=C/c3ccccc3F)CC1)CN2C(=O)c1ccnc(Cl)c1. The summed E-state index contributed by atoms with van der Waals surface area (Å²) in [5.41, 5.74) is 18.9. The first-order chi connectivity index (χ1) is 68.0. The van der Waals surface area contributed by atoms with Crippen LogP contribution in [0.2, 0.25) is 20.6 Å². The molecule has 141 heavy (non-hydrogen) atoms. The largest absolute Gasteiger partial charge is 0.497 e. The Morgan fingerprint density at radius 1 is 0.340 bits per heavy atom. The minimum atomic E-state index is -4.32. The zero-order valence-electron chi connectivity index (χ0n) is 80.0. The van der Waals surface area contributed by atoms with Gasteiger partial charge in [-0.05, 0) is 286 Å². The van der Waals surface area contributed by atoms with Crippen LogP contribution < -0.4 is 29.1 Å². The molecule has 4 amide bonds. The highest BCUT2D eigenvalue weighted by Crippen LogP contribution is 2.53. The number of halogens is 8. The number of alkyl halides is 3. The fraction of sp³-hybridized carbons (Fsp3) is 0.304. The van der Waals surface area contributed by atoms with E-state index in [9.17, 15) is 36.7 Å². The molecule has 8 aliphatic heterocycles. The van der Waals surface area contributed by atoms with E-state index in [0.29, 0.717) is 74.6 Å². The number of pyridine rings is 4. The second-order valence-corrected chi connectivity index (χ2v) is 39.8. The molecular formula is C115H114Cl4F4N12O6. The van der Waals surface area contributed by atoms with E-state index >= 15 is 0 Å². The Kier molecular flexibility index (Phi) is 31.2. The van der Waals surface area contributed by atoms with Crippen LogP contribution in [0.3, 0.4) is 0 Å². The summed E-state index contributed by atoms with van der Waals surface area (Å²) in [5.74, 6) is 1.33. The Bertz CT molecular complexity index is 6670.